The van der Waals surface area contributed by atoms with Crippen molar-refractivity contribution >= 4 is 45.9 Å². The van der Waals surface area contributed by atoms with Gasteiger partial charge in [0.1, 0.15) is 0 Å². The summed E-state index contributed by atoms with van der Waals surface area (Å²) in [5.41, 5.74) is 5.19. The molecule has 0 radical (unpaired) electrons. The molecule has 0 unspecified atom stereocenters. The van der Waals surface area contributed by atoms with Crippen LogP contribution in [0.1, 0.15) is 17.5 Å². The summed E-state index contributed by atoms with van der Waals surface area (Å²) in [7, 11) is 3.94. The highest BCUT2D eigenvalue weighted by Gasteiger charge is 2.38. The summed E-state index contributed by atoms with van der Waals surface area (Å²) >= 11 is 1.05. The number of hydrogen-bond acceptors (Lipinski definition) is 5. The third kappa shape index (κ3) is 7.98. The van der Waals surface area contributed by atoms with Gasteiger partial charge in [0, 0.05) is 37.7 Å². The molecule has 0 bridgehead atoms. The quantitative estimate of drug-likeness (QED) is 0.622. The molecule has 0 saturated heterocycles. The second kappa shape index (κ2) is 11.8. The number of benzene rings is 2. The number of carboxylic acids is 1. The van der Waals surface area contributed by atoms with E-state index in [0.29, 0.717) is 6.54 Å². The number of aryl methyl sites for hydroxylation is 2. The van der Waals surface area contributed by atoms with Crippen molar-refractivity contribution in [2.75, 3.05) is 41.5 Å². The fraction of sp³-hybridized carbons (Fsp3) is 0.348. The Bertz CT molecular complexity index is 1030. The minimum Gasteiger partial charge on any atom is -0.475 e. The average molecular weight is 498 g/mol. The van der Waals surface area contributed by atoms with Crippen LogP contribution in [0.2, 0.25) is 0 Å². The lowest BCUT2D eigenvalue weighted by atomic mass is 10.0. The Balaban J connectivity index is 0.000000509. The van der Waals surface area contributed by atoms with E-state index in [1.54, 1.807) is 4.90 Å². The second-order valence-corrected chi connectivity index (χ2v) is 8.66. The molecule has 11 heteroatoms. The van der Waals surface area contributed by atoms with E-state index in [0.717, 1.165) is 41.7 Å². The van der Waals surface area contributed by atoms with Gasteiger partial charge in [-0.2, -0.15) is 13.2 Å². The van der Waals surface area contributed by atoms with Crippen LogP contribution in [0.4, 0.5) is 35.0 Å². The Labute approximate surface area is 199 Å². The van der Waals surface area contributed by atoms with E-state index in [1.165, 1.54) is 11.1 Å². The lowest BCUT2D eigenvalue weighted by molar-refractivity contribution is -0.192. The SMILES string of the molecule is Cc1ccc2c(c1)CCCN2C(=O)SCC(=O)Nc1ccc(N(C)C)cc1.O=C(O)C(F)(F)F. The largest absolute Gasteiger partial charge is 0.490 e. The number of halogens is 3. The molecule has 184 valence electrons. The monoisotopic (exact) mass is 497 g/mol. The molecule has 7 nitrogen and oxygen atoms in total. The summed E-state index contributed by atoms with van der Waals surface area (Å²) in [5, 5.41) is 9.90. The molecule has 2 aromatic rings. The number of carbonyl (C=O) groups is 3. The van der Waals surface area contributed by atoms with Crippen LogP contribution in [0, 0.1) is 6.92 Å². The van der Waals surface area contributed by atoms with Gasteiger partial charge in [0.25, 0.3) is 5.24 Å². The first kappa shape index (κ1) is 27.0. The predicted octanol–water partition coefficient (Wildman–Crippen LogP) is 4.94. The van der Waals surface area contributed by atoms with Crippen molar-refractivity contribution < 1.29 is 32.7 Å². The van der Waals surface area contributed by atoms with Crippen molar-refractivity contribution in [3.63, 3.8) is 0 Å². The second-order valence-electron chi connectivity index (χ2n) is 7.73. The highest BCUT2D eigenvalue weighted by Crippen LogP contribution is 2.30. The number of carboxylic acid groups (broad SMARTS) is 1. The molecule has 0 fully saturated rings. The molecule has 1 aliphatic rings. The van der Waals surface area contributed by atoms with E-state index in [-0.39, 0.29) is 16.9 Å². The Kier molecular flexibility index (Phi) is 9.36. The zero-order valence-corrected chi connectivity index (χ0v) is 19.8. The van der Waals surface area contributed by atoms with Gasteiger partial charge in [0.2, 0.25) is 5.91 Å². The van der Waals surface area contributed by atoms with E-state index in [9.17, 15) is 22.8 Å². The lowest BCUT2D eigenvalue weighted by Gasteiger charge is -2.29. The van der Waals surface area contributed by atoms with Gasteiger partial charge < -0.3 is 20.2 Å². The summed E-state index contributed by atoms with van der Waals surface area (Å²) in [6, 6.07) is 13.8. The summed E-state index contributed by atoms with van der Waals surface area (Å²) < 4.78 is 31.7. The molecule has 2 aromatic carbocycles. The molecule has 2 amide bonds. The van der Waals surface area contributed by atoms with E-state index in [2.05, 4.69) is 18.3 Å². The van der Waals surface area contributed by atoms with Gasteiger partial charge in [-0.05, 0) is 55.7 Å². The Morgan fingerprint density at radius 3 is 2.29 bits per heavy atom. The third-order valence-corrected chi connectivity index (χ3v) is 5.68. The Morgan fingerprint density at radius 2 is 1.74 bits per heavy atom. The van der Waals surface area contributed by atoms with Crippen molar-refractivity contribution in [2.45, 2.75) is 25.9 Å². The number of fused-ring (bicyclic) bond motifs is 1. The predicted molar refractivity (Wildman–Crippen MR) is 128 cm³/mol. The number of alkyl halides is 3. The van der Waals surface area contributed by atoms with Gasteiger partial charge in [-0.25, -0.2) is 4.79 Å². The topological polar surface area (TPSA) is 90.0 Å². The van der Waals surface area contributed by atoms with Gasteiger partial charge in [-0.3, -0.25) is 9.59 Å². The van der Waals surface area contributed by atoms with Crippen molar-refractivity contribution in [3.8, 4) is 0 Å². The van der Waals surface area contributed by atoms with Crippen LogP contribution in [0.25, 0.3) is 0 Å². The van der Waals surface area contributed by atoms with E-state index in [4.69, 9.17) is 9.90 Å². The molecule has 0 aromatic heterocycles. The molecule has 1 heterocycles. The minimum absolute atomic E-state index is 0.0714. The molecular weight excluding hydrogens is 471 g/mol. The van der Waals surface area contributed by atoms with E-state index >= 15 is 0 Å². The van der Waals surface area contributed by atoms with Gasteiger partial charge in [0.05, 0.1) is 5.75 Å². The van der Waals surface area contributed by atoms with Crippen LogP contribution in [0.5, 0.6) is 0 Å². The fourth-order valence-corrected chi connectivity index (χ4v) is 3.83. The smallest absolute Gasteiger partial charge is 0.475 e. The summed E-state index contributed by atoms with van der Waals surface area (Å²) in [5.74, 6) is -2.83. The van der Waals surface area contributed by atoms with Crippen LogP contribution < -0.4 is 15.1 Å². The zero-order valence-electron chi connectivity index (χ0n) is 19.0. The highest BCUT2D eigenvalue weighted by molar-refractivity contribution is 8.14. The number of hydrogen-bond donors (Lipinski definition) is 2. The highest BCUT2D eigenvalue weighted by atomic mass is 32.2. The molecule has 34 heavy (non-hydrogen) atoms. The summed E-state index contributed by atoms with van der Waals surface area (Å²) in [4.78, 5) is 37.5. The van der Waals surface area contributed by atoms with Crippen LogP contribution in [0.15, 0.2) is 42.5 Å². The van der Waals surface area contributed by atoms with Gasteiger partial charge in [-0.15, -0.1) is 0 Å². The first-order valence-corrected chi connectivity index (χ1v) is 11.3. The number of anilines is 3. The maximum absolute atomic E-state index is 12.6. The summed E-state index contributed by atoms with van der Waals surface area (Å²) in [6.45, 7) is 2.76. The third-order valence-electron chi connectivity index (χ3n) is 4.81. The first-order chi connectivity index (χ1) is 15.9. The van der Waals surface area contributed by atoms with Crippen LogP contribution in [-0.2, 0) is 16.0 Å². The Morgan fingerprint density at radius 1 is 1.12 bits per heavy atom. The molecule has 3 rings (SSSR count). The van der Waals surface area contributed by atoms with Crippen LogP contribution in [0.3, 0.4) is 0 Å². The average Bonchev–Trinajstić information content (AvgIpc) is 2.77. The Hall–Kier alpha value is -3.21. The van der Waals surface area contributed by atoms with Crippen LogP contribution >= 0.6 is 11.8 Å². The molecule has 0 aliphatic carbocycles. The standard InChI is InChI=1S/C21H25N3O2S.C2HF3O2/c1-15-6-11-19-16(13-15)5-4-12-24(19)21(26)27-14-20(25)22-17-7-9-18(10-8-17)23(2)3;3-2(4,5)1(6)7/h6-11,13H,4-5,12,14H2,1-3H3,(H,22,25);(H,6,7). The van der Waals surface area contributed by atoms with E-state index in [1.807, 2.05) is 55.4 Å². The van der Waals surface area contributed by atoms with Crippen LogP contribution in [-0.4, -0.2) is 54.8 Å². The number of nitrogens with one attached hydrogen (secondary N) is 1. The maximum atomic E-state index is 12.6. The van der Waals surface area contributed by atoms with Gasteiger partial charge >= 0.3 is 12.1 Å². The number of nitrogens with zero attached hydrogens (tertiary/aromatic N) is 2. The number of thioether (sulfide) groups is 1. The normalized spacial score (nSPS) is 12.7. The first-order valence-electron chi connectivity index (χ1n) is 10.3. The molecule has 1 aliphatic heterocycles. The molecule has 0 saturated carbocycles. The van der Waals surface area contributed by atoms with Gasteiger partial charge in [0.15, 0.2) is 0 Å². The maximum Gasteiger partial charge on any atom is 0.490 e. The minimum atomic E-state index is -5.08. The lowest BCUT2D eigenvalue weighted by Crippen LogP contribution is -2.33. The van der Waals surface area contributed by atoms with Crippen molar-refractivity contribution in [2.24, 2.45) is 0 Å². The molecule has 2 N–H and O–H groups in total. The molecule has 0 spiro atoms. The number of carbonyl (C=O) groups excluding carboxylic acids is 2. The molecule has 0 atom stereocenters. The van der Waals surface area contributed by atoms with Crippen molar-refractivity contribution in [1.29, 1.82) is 0 Å². The number of rotatable bonds is 4. The van der Waals surface area contributed by atoms with Crippen molar-refractivity contribution in [3.05, 3.63) is 53.6 Å². The zero-order chi connectivity index (χ0) is 25.5. The van der Waals surface area contributed by atoms with Crippen molar-refractivity contribution in [1.82, 2.24) is 0 Å². The fourth-order valence-electron chi connectivity index (χ4n) is 3.16. The summed E-state index contributed by atoms with van der Waals surface area (Å²) in [6.07, 6.45) is -3.14. The number of aliphatic carboxylic acids is 1. The van der Waals surface area contributed by atoms with E-state index < -0.39 is 12.1 Å². The van der Waals surface area contributed by atoms with Gasteiger partial charge in [-0.1, -0.05) is 29.5 Å². The number of amides is 2. The molecular formula is C23H26F3N3O4S.